The number of nitrogens with two attached hydrogens (primary N) is 1. The summed E-state index contributed by atoms with van der Waals surface area (Å²) in [5.41, 5.74) is 5.62. The van der Waals surface area contributed by atoms with Crippen LogP contribution in [0, 0.1) is 11.7 Å². The van der Waals surface area contributed by atoms with E-state index in [1.807, 2.05) is 6.07 Å². The number of ether oxygens (including phenoxy) is 1. The Labute approximate surface area is 215 Å². The number of likely N-dealkylation sites (tertiary alicyclic amines) is 1. The first-order valence-corrected chi connectivity index (χ1v) is 11.9. The maximum absolute atomic E-state index is 13.8. The molecule has 4 aromatic rings. The van der Waals surface area contributed by atoms with Crippen LogP contribution in [0.4, 0.5) is 23.4 Å². The summed E-state index contributed by atoms with van der Waals surface area (Å²) in [7, 11) is 1.37. The number of carbonyl (C=O) groups excluding carboxylic acids is 1. The number of nitrogen functional groups attached to an aromatic ring is 1. The van der Waals surface area contributed by atoms with Gasteiger partial charge in [-0.1, -0.05) is 12.1 Å². The molecule has 3 aromatic heterocycles. The number of fused-ring (bicyclic) bond motifs is 1. The van der Waals surface area contributed by atoms with E-state index in [1.54, 1.807) is 11.0 Å². The minimum absolute atomic E-state index is 0.0493. The fraction of sp³-hybridized carbons (Fsp3) is 0.308. The van der Waals surface area contributed by atoms with Gasteiger partial charge >= 0.3 is 6.18 Å². The monoisotopic (exact) mass is 528 g/mol. The Morgan fingerprint density at radius 2 is 2.03 bits per heavy atom. The van der Waals surface area contributed by atoms with E-state index < -0.39 is 11.7 Å². The fourth-order valence-corrected chi connectivity index (χ4v) is 4.98. The minimum Gasteiger partial charge on any atom is -0.480 e. The smallest absolute Gasteiger partial charge is 0.418 e. The zero-order valence-corrected chi connectivity index (χ0v) is 20.4. The van der Waals surface area contributed by atoms with Gasteiger partial charge in [-0.2, -0.15) is 18.3 Å². The van der Waals surface area contributed by atoms with Crippen molar-refractivity contribution in [3.05, 3.63) is 71.4 Å². The Balaban J connectivity index is 1.48. The second-order valence-electron chi connectivity index (χ2n) is 9.22. The van der Waals surface area contributed by atoms with Crippen LogP contribution in [0.1, 0.15) is 34.3 Å². The van der Waals surface area contributed by atoms with Crippen LogP contribution in [0.3, 0.4) is 0 Å². The Bertz CT molecular complexity index is 1500. The van der Waals surface area contributed by atoms with Crippen molar-refractivity contribution in [2.45, 2.75) is 25.4 Å². The number of hydrogen-bond acceptors (Lipinski definition) is 6. The topological polar surface area (TPSA) is 98.6 Å². The molecule has 0 aliphatic carbocycles. The van der Waals surface area contributed by atoms with Gasteiger partial charge < -0.3 is 15.4 Å². The number of benzene rings is 1. The van der Waals surface area contributed by atoms with Gasteiger partial charge in [-0.3, -0.25) is 4.79 Å². The number of alkyl halides is 3. The second kappa shape index (κ2) is 9.92. The number of amides is 1. The third-order valence-corrected chi connectivity index (χ3v) is 6.68. The molecule has 1 fully saturated rings. The van der Waals surface area contributed by atoms with Crippen LogP contribution in [0.15, 0.2) is 48.9 Å². The molecule has 8 nitrogen and oxygen atoms in total. The summed E-state index contributed by atoms with van der Waals surface area (Å²) in [4.78, 5) is 23.2. The van der Waals surface area contributed by atoms with Crippen molar-refractivity contribution >= 4 is 17.2 Å². The van der Waals surface area contributed by atoms with Crippen LogP contribution in [0.25, 0.3) is 16.8 Å². The van der Waals surface area contributed by atoms with Crippen molar-refractivity contribution in [2.75, 3.05) is 25.9 Å². The molecule has 0 bridgehead atoms. The fourth-order valence-electron chi connectivity index (χ4n) is 4.98. The van der Waals surface area contributed by atoms with Gasteiger partial charge in [0, 0.05) is 24.8 Å². The summed E-state index contributed by atoms with van der Waals surface area (Å²) in [6, 6.07) is 8.75. The Morgan fingerprint density at radius 3 is 2.76 bits per heavy atom. The van der Waals surface area contributed by atoms with Gasteiger partial charge in [0.1, 0.15) is 23.2 Å². The number of anilines is 1. The number of halogens is 4. The van der Waals surface area contributed by atoms with Gasteiger partial charge in [-0.05, 0) is 55.0 Å². The first kappa shape index (κ1) is 25.4. The van der Waals surface area contributed by atoms with Crippen molar-refractivity contribution in [3.63, 3.8) is 0 Å². The number of hydrogen-bond donors (Lipinski definition) is 1. The van der Waals surface area contributed by atoms with Crippen molar-refractivity contribution in [1.82, 2.24) is 24.5 Å². The molecule has 0 radical (unpaired) electrons. The van der Waals surface area contributed by atoms with E-state index >= 15 is 0 Å². The molecule has 1 aromatic carbocycles. The predicted octanol–water partition coefficient (Wildman–Crippen LogP) is 4.63. The number of piperidine rings is 1. The molecule has 38 heavy (non-hydrogen) atoms. The lowest BCUT2D eigenvalue weighted by Crippen LogP contribution is -2.40. The van der Waals surface area contributed by atoms with Crippen LogP contribution in [0.2, 0.25) is 0 Å². The third kappa shape index (κ3) is 4.85. The van der Waals surface area contributed by atoms with Crippen LogP contribution in [-0.2, 0) is 12.6 Å². The molecular formula is C26H24F4N6O2. The summed E-state index contributed by atoms with van der Waals surface area (Å²) in [6.45, 7) is 0.945. The lowest BCUT2D eigenvalue weighted by Gasteiger charge is -2.33. The molecule has 5 rings (SSSR count). The largest absolute Gasteiger partial charge is 0.480 e. The first-order chi connectivity index (χ1) is 18.2. The normalized spacial score (nSPS) is 16.1. The molecule has 1 atom stereocenters. The molecular weight excluding hydrogens is 504 g/mol. The van der Waals surface area contributed by atoms with Gasteiger partial charge in [-0.15, -0.1) is 0 Å². The van der Waals surface area contributed by atoms with Gasteiger partial charge in [0.2, 0.25) is 5.88 Å². The average molecular weight is 529 g/mol. The summed E-state index contributed by atoms with van der Waals surface area (Å²) in [6.07, 6.45) is -0.0665. The molecule has 12 heteroatoms. The molecule has 1 aliphatic rings. The number of nitrogens with zero attached hydrogens (tertiary/aromatic N) is 5. The molecule has 4 heterocycles. The molecule has 2 N–H and O–H groups in total. The number of aromatic nitrogens is 4. The molecule has 1 unspecified atom stereocenters. The zero-order chi connectivity index (χ0) is 27.0. The number of pyridine rings is 1. The quantitative estimate of drug-likeness (QED) is 0.379. The lowest BCUT2D eigenvalue weighted by atomic mass is 9.91. The van der Waals surface area contributed by atoms with Crippen molar-refractivity contribution in [3.8, 4) is 17.1 Å². The molecule has 1 amide bonds. The van der Waals surface area contributed by atoms with E-state index in [0.29, 0.717) is 19.5 Å². The van der Waals surface area contributed by atoms with Gasteiger partial charge in [-0.25, -0.2) is 18.9 Å². The summed E-state index contributed by atoms with van der Waals surface area (Å²) >= 11 is 0. The molecule has 1 aliphatic heterocycles. The number of methoxy groups -OCH3 is 1. The van der Waals surface area contributed by atoms with Crippen LogP contribution in [0.5, 0.6) is 5.88 Å². The highest BCUT2D eigenvalue weighted by molar-refractivity contribution is 5.97. The van der Waals surface area contributed by atoms with E-state index in [9.17, 15) is 22.4 Å². The van der Waals surface area contributed by atoms with Gasteiger partial charge in [0.25, 0.3) is 5.91 Å². The average Bonchev–Trinajstić information content (AvgIpc) is 3.30. The second-order valence-corrected chi connectivity index (χ2v) is 9.22. The predicted molar refractivity (Wildman–Crippen MR) is 131 cm³/mol. The van der Waals surface area contributed by atoms with Gasteiger partial charge in [0.15, 0.2) is 5.82 Å². The zero-order valence-electron chi connectivity index (χ0n) is 20.4. The first-order valence-electron chi connectivity index (χ1n) is 11.9. The van der Waals surface area contributed by atoms with Gasteiger partial charge in [0.05, 0.1) is 18.4 Å². The summed E-state index contributed by atoms with van der Waals surface area (Å²) in [5.74, 6) is -0.810. The maximum atomic E-state index is 13.8. The summed E-state index contributed by atoms with van der Waals surface area (Å²) < 4.78 is 61.3. The highest BCUT2D eigenvalue weighted by atomic mass is 19.4. The highest BCUT2D eigenvalue weighted by Crippen LogP contribution is 2.39. The van der Waals surface area contributed by atoms with Crippen molar-refractivity contribution in [1.29, 1.82) is 0 Å². The summed E-state index contributed by atoms with van der Waals surface area (Å²) in [5, 5.41) is 3.96. The van der Waals surface area contributed by atoms with Crippen LogP contribution in [-0.4, -0.2) is 50.6 Å². The van der Waals surface area contributed by atoms with E-state index in [-0.39, 0.29) is 51.7 Å². The minimum atomic E-state index is -4.70. The maximum Gasteiger partial charge on any atom is 0.418 e. The Hall–Kier alpha value is -4.22. The van der Waals surface area contributed by atoms with E-state index in [2.05, 4.69) is 15.1 Å². The SMILES string of the molecule is COc1ncc(-c2cc(C(F)(F)F)c3c(N)ncnn23)cc1C(=O)N1CCCC(Cc2cccc(F)c2)C1. The number of carbonyl (C=O) groups is 1. The van der Waals surface area contributed by atoms with Crippen molar-refractivity contribution < 1.29 is 27.1 Å². The van der Waals surface area contributed by atoms with E-state index in [1.165, 1.54) is 31.5 Å². The highest BCUT2D eigenvalue weighted by Gasteiger charge is 2.37. The van der Waals surface area contributed by atoms with Crippen molar-refractivity contribution in [2.24, 2.45) is 5.92 Å². The number of rotatable bonds is 5. The molecule has 1 saturated heterocycles. The Kier molecular flexibility index (Phi) is 6.64. The van der Waals surface area contributed by atoms with E-state index in [4.69, 9.17) is 10.5 Å². The van der Waals surface area contributed by atoms with Crippen LogP contribution >= 0.6 is 0 Å². The Morgan fingerprint density at radius 1 is 1.21 bits per heavy atom. The van der Waals surface area contributed by atoms with E-state index in [0.717, 1.165) is 35.3 Å². The molecule has 0 spiro atoms. The van der Waals surface area contributed by atoms with Crippen LogP contribution < -0.4 is 10.5 Å². The molecule has 198 valence electrons. The standard InChI is InChI=1S/C26H24F4N6O2/c1-38-24-19(25(37)35-7-3-5-16(13-35)8-15-4-2-6-18(27)9-15)10-17(12-32-24)21-11-20(26(28,29)30)22-23(31)33-14-34-36(21)22/h2,4,6,9-12,14,16H,3,5,7-8,13H2,1H3,(H2,31,33,34). The third-order valence-electron chi connectivity index (χ3n) is 6.68. The molecule has 0 saturated carbocycles. The lowest BCUT2D eigenvalue weighted by molar-refractivity contribution is -0.136.